The zero-order valence-electron chi connectivity index (χ0n) is 7.40. The number of benzene rings is 1. The van der Waals surface area contributed by atoms with E-state index in [1.807, 2.05) is 0 Å². The number of aromatic nitrogens is 2. The first-order chi connectivity index (χ1) is 7.00. The SMILES string of the molecule is FC(F)(F)c1nc2ccc(CCl)cc2[nH]1. The van der Waals surface area contributed by atoms with E-state index < -0.39 is 12.0 Å². The summed E-state index contributed by atoms with van der Waals surface area (Å²) in [6.07, 6.45) is -4.44. The molecule has 1 aromatic heterocycles. The summed E-state index contributed by atoms with van der Waals surface area (Å²) < 4.78 is 36.9. The number of halogens is 4. The average molecular weight is 235 g/mol. The second-order valence-corrected chi connectivity index (χ2v) is 3.34. The Kier molecular flexibility index (Phi) is 2.34. The van der Waals surface area contributed by atoms with Gasteiger partial charge in [0.05, 0.1) is 11.0 Å². The van der Waals surface area contributed by atoms with Crippen molar-refractivity contribution in [2.45, 2.75) is 12.1 Å². The maximum atomic E-state index is 12.3. The van der Waals surface area contributed by atoms with E-state index in [2.05, 4.69) is 9.97 Å². The van der Waals surface area contributed by atoms with Crippen molar-refractivity contribution in [1.82, 2.24) is 9.97 Å². The molecule has 6 heteroatoms. The minimum absolute atomic E-state index is 0.260. The Morgan fingerprint density at radius 3 is 2.67 bits per heavy atom. The number of alkyl halides is 4. The zero-order valence-corrected chi connectivity index (χ0v) is 8.15. The van der Waals surface area contributed by atoms with Crippen LogP contribution in [-0.2, 0) is 12.1 Å². The summed E-state index contributed by atoms with van der Waals surface area (Å²) in [6, 6.07) is 4.72. The van der Waals surface area contributed by atoms with E-state index in [0.29, 0.717) is 5.52 Å². The fraction of sp³-hybridized carbons (Fsp3) is 0.222. The van der Waals surface area contributed by atoms with Crippen molar-refractivity contribution in [3.05, 3.63) is 29.6 Å². The molecular weight excluding hydrogens is 229 g/mol. The molecule has 0 spiro atoms. The molecule has 80 valence electrons. The highest BCUT2D eigenvalue weighted by Gasteiger charge is 2.34. The Hall–Kier alpha value is -1.23. The summed E-state index contributed by atoms with van der Waals surface area (Å²) in [5.41, 5.74) is 1.39. The van der Waals surface area contributed by atoms with Crippen LogP contribution in [0.4, 0.5) is 13.2 Å². The summed E-state index contributed by atoms with van der Waals surface area (Å²) >= 11 is 5.57. The van der Waals surface area contributed by atoms with Gasteiger partial charge in [0.25, 0.3) is 0 Å². The van der Waals surface area contributed by atoms with Crippen LogP contribution in [0, 0.1) is 0 Å². The monoisotopic (exact) mass is 234 g/mol. The molecule has 1 heterocycles. The highest BCUT2D eigenvalue weighted by atomic mass is 35.5. The molecule has 15 heavy (non-hydrogen) atoms. The van der Waals surface area contributed by atoms with E-state index in [4.69, 9.17) is 11.6 Å². The Balaban J connectivity index is 2.56. The molecule has 0 aliphatic heterocycles. The first-order valence-corrected chi connectivity index (χ1v) is 4.66. The molecule has 1 N–H and O–H groups in total. The summed E-state index contributed by atoms with van der Waals surface area (Å²) in [5, 5.41) is 0. The van der Waals surface area contributed by atoms with Gasteiger partial charge >= 0.3 is 6.18 Å². The van der Waals surface area contributed by atoms with Crippen molar-refractivity contribution in [3.8, 4) is 0 Å². The van der Waals surface area contributed by atoms with Crippen molar-refractivity contribution in [1.29, 1.82) is 0 Å². The molecule has 0 aliphatic rings. The van der Waals surface area contributed by atoms with Crippen molar-refractivity contribution in [3.63, 3.8) is 0 Å². The molecule has 2 rings (SSSR count). The molecule has 0 radical (unpaired) electrons. The molecule has 1 aromatic carbocycles. The normalized spacial score (nSPS) is 12.3. The van der Waals surface area contributed by atoms with Crippen LogP contribution in [-0.4, -0.2) is 9.97 Å². The van der Waals surface area contributed by atoms with Gasteiger partial charge in [-0.15, -0.1) is 11.6 Å². The summed E-state index contributed by atoms with van der Waals surface area (Å²) in [4.78, 5) is 5.65. The van der Waals surface area contributed by atoms with Crippen LogP contribution < -0.4 is 0 Å². The largest absolute Gasteiger partial charge is 0.449 e. The van der Waals surface area contributed by atoms with Crippen LogP contribution in [0.5, 0.6) is 0 Å². The van der Waals surface area contributed by atoms with Crippen LogP contribution in [0.25, 0.3) is 11.0 Å². The molecule has 0 fully saturated rings. The van der Waals surface area contributed by atoms with Gasteiger partial charge in [0.1, 0.15) is 0 Å². The van der Waals surface area contributed by atoms with E-state index >= 15 is 0 Å². The van der Waals surface area contributed by atoms with Crippen molar-refractivity contribution >= 4 is 22.6 Å². The third-order valence-corrected chi connectivity index (χ3v) is 2.28. The molecule has 2 aromatic rings. The van der Waals surface area contributed by atoms with Crippen LogP contribution in [0.3, 0.4) is 0 Å². The van der Waals surface area contributed by atoms with Crippen LogP contribution in [0.1, 0.15) is 11.4 Å². The topological polar surface area (TPSA) is 28.7 Å². The predicted octanol–water partition coefficient (Wildman–Crippen LogP) is 3.32. The van der Waals surface area contributed by atoms with Gasteiger partial charge in [-0.05, 0) is 17.7 Å². The quantitative estimate of drug-likeness (QED) is 0.754. The number of rotatable bonds is 1. The van der Waals surface area contributed by atoms with Crippen molar-refractivity contribution in [2.75, 3.05) is 0 Å². The number of hydrogen-bond donors (Lipinski definition) is 1. The molecule has 0 amide bonds. The van der Waals surface area contributed by atoms with Gasteiger partial charge in [0.2, 0.25) is 5.82 Å². The lowest BCUT2D eigenvalue weighted by Gasteiger charge is -1.99. The Bertz CT molecular complexity index is 490. The van der Waals surface area contributed by atoms with Gasteiger partial charge < -0.3 is 4.98 Å². The predicted molar refractivity (Wildman–Crippen MR) is 50.7 cm³/mol. The second kappa shape index (κ2) is 3.41. The van der Waals surface area contributed by atoms with Gasteiger partial charge in [-0.25, -0.2) is 4.98 Å². The molecule has 0 bridgehead atoms. The van der Waals surface area contributed by atoms with E-state index in [1.54, 1.807) is 12.1 Å². The number of hydrogen-bond acceptors (Lipinski definition) is 1. The molecule has 2 nitrogen and oxygen atoms in total. The van der Waals surface area contributed by atoms with Crippen LogP contribution >= 0.6 is 11.6 Å². The molecule has 0 saturated heterocycles. The maximum Gasteiger partial charge on any atom is 0.449 e. The van der Waals surface area contributed by atoms with Crippen molar-refractivity contribution < 1.29 is 13.2 Å². The highest BCUT2D eigenvalue weighted by Crippen LogP contribution is 2.28. The van der Waals surface area contributed by atoms with E-state index in [1.165, 1.54) is 6.07 Å². The first-order valence-electron chi connectivity index (χ1n) is 4.12. The first kappa shape index (κ1) is 10.3. The Morgan fingerprint density at radius 1 is 1.33 bits per heavy atom. The lowest BCUT2D eigenvalue weighted by Crippen LogP contribution is -2.06. The fourth-order valence-electron chi connectivity index (χ4n) is 1.27. The van der Waals surface area contributed by atoms with Gasteiger partial charge in [0, 0.05) is 5.88 Å². The molecule has 0 atom stereocenters. The number of fused-ring (bicyclic) bond motifs is 1. The third-order valence-electron chi connectivity index (χ3n) is 1.97. The zero-order chi connectivity index (χ0) is 11.1. The smallest absolute Gasteiger partial charge is 0.334 e. The fourth-order valence-corrected chi connectivity index (χ4v) is 1.44. The van der Waals surface area contributed by atoms with Gasteiger partial charge in [-0.2, -0.15) is 13.2 Å². The van der Waals surface area contributed by atoms with Crippen LogP contribution in [0.2, 0.25) is 0 Å². The second-order valence-electron chi connectivity index (χ2n) is 3.07. The van der Waals surface area contributed by atoms with Gasteiger partial charge in [0.15, 0.2) is 0 Å². The highest BCUT2D eigenvalue weighted by molar-refractivity contribution is 6.17. The van der Waals surface area contributed by atoms with E-state index in [-0.39, 0.29) is 11.4 Å². The Labute approximate surface area is 88.1 Å². The molecular formula is C9H6ClF3N2. The number of imidazole rings is 1. The molecule has 0 saturated carbocycles. The standard InChI is InChI=1S/C9H6ClF3N2/c10-4-5-1-2-6-7(3-5)15-8(14-6)9(11,12)13/h1-3H,4H2,(H,14,15). The van der Waals surface area contributed by atoms with Gasteiger partial charge in [-0.1, -0.05) is 6.07 Å². The number of aromatic amines is 1. The molecule has 0 unspecified atom stereocenters. The lowest BCUT2D eigenvalue weighted by atomic mass is 10.2. The average Bonchev–Trinajstić information content (AvgIpc) is 2.59. The van der Waals surface area contributed by atoms with E-state index in [0.717, 1.165) is 5.56 Å². The minimum Gasteiger partial charge on any atom is -0.334 e. The maximum absolute atomic E-state index is 12.3. The molecule has 0 aliphatic carbocycles. The third kappa shape index (κ3) is 1.92. The summed E-state index contributed by atoms with van der Waals surface area (Å²) in [6.45, 7) is 0. The number of nitrogens with zero attached hydrogens (tertiary/aromatic N) is 1. The van der Waals surface area contributed by atoms with Crippen LogP contribution in [0.15, 0.2) is 18.2 Å². The van der Waals surface area contributed by atoms with Crippen molar-refractivity contribution in [2.24, 2.45) is 0 Å². The Morgan fingerprint density at radius 2 is 2.07 bits per heavy atom. The number of H-pyrrole nitrogens is 1. The summed E-state index contributed by atoms with van der Waals surface area (Å²) in [5.74, 6) is -0.722. The lowest BCUT2D eigenvalue weighted by molar-refractivity contribution is -0.144. The van der Waals surface area contributed by atoms with Gasteiger partial charge in [-0.3, -0.25) is 0 Å². The van der Waals surface area contributed by atoms with E-state index in [9.17, 15) is 13.2 Å². The summed E-state index contributed by atoms with van der Waals surface area (Å²) in [7, 11) is 0. The number of nitrogens with one attached hydrogen (secondary N) is 1. The minimum atomic E-state index is -4.44.